The van der Waals surface area contributed by atoms with E-state index in [2.05, 4.69) is 25.5 Å². The molecule has 4 rings (SSSR count). The molecule has 4 aromatic rings. The van der Waals surface area contributed by atoms with Gasteiger partial charge in [-0.2, -0.15) is 10.2 Å². The average Bonchev–Trinajstić information content (AvgIpc) is 3.27. The van der Waals surface area contributed by atoms with Crippen molar-refractivity contribution in [2.75, 3.05) is 6.54 Å². The van der Waals surface area contributed by atoms with Gasteiger partial charge in [0.1, 0.15) is 5.69 Å². The van der Waals surface area contributed by atoms with E-state index in [9.17, 15) is 4.79 Å². The van der Waals surface area contributed by atoms with Gasteiger partial charge < -0.3 is 5.32 Å². The predicted molar refractivity (Wildman–Crippen MR) is 95.5 cm³/mol. The van der Waals surface area contributed by atoms with Crippen LogP contribution in [-0.2, 0) is 13.5 Å². The summed E-state index contributed by atoms with van der Waals surface area (Å²) in [7, 11) is 1.74. The quantitative estimate of drug-likeness (QED) is 0.591. The molecular formula is C18H17N7O. The SMILES string of the molecule is Cn1nccc1C(=O)NCCc1cc2nc(-c3ccncc3)ccn2n1. The second-order valence-electron chi connectivity index (χ2n) is 5.83. The molecule has 0 saturated heterocycles. The lowest BCUT2D eigenvalue weighted by molar-refractivity contribution is 0.0944. The zero-order chi connectivity index (χ0) is 17.9. The van der Waals surface area contributed by atoms with Crippen LogP contribution in [0.2, 0.25) is 0 Å². The second kappa shape index (κ2) is 6.75. The summed E-state index contributed by atoms with van der Waals surface area (Å²) in [5.74, 6) is -0.146. The first-order valence-electron chi connectivity index (χ1n) is 8.22. The van der Waals surface area contributed by atoms with E-state index < -0.39 is 0 Å². The number of hydrogen-bond acceptors (Lipinski definition) is 5. The van der Waals surface area contributed by atoms with Crippen LogP contribution in [0.1, 0.15) is 16.2 Å². The van der Waals surface area contributed by atoms with E-state index in [4.69, 9.17) is 0 Å². The van der Waals surface area contributed by atoms with Gasteiger partial charge in [0.25, 0.3) is 5.91 Å². The summed E-state index contributed by atoms with van der Waals surface area (Å²) < 4.78 is 3.29. The smallest absolute Gasteiger partial charge is 0.269 e. The van der Waals surface area contributed by atoms with Crippen molar-refractivity contribution in [1.29, 1.82) is 0 Å². The highest BCUT2D eigenvalue weighted by Gasteiger charge is 2.10. The molecular weight excluding hydrogens is 330 g/mol. The molecule has 0 radical (unpaired) electrons. The molecule has 0 saturated carbocycles. The van der Waals surface area contributed by atoms with Crippen LogP contribution < -0.4 is 5.32 Å². The second-order valence-corrected chi connectivity index (χ2v) is 5.83. The van der Waals surface area contributed by atoms with E-state index in [-0.39, 0.29) is 5.91 Å². The lowest BCUT2D eigenvalue weighted by atomic mass is 10.2. The molecule has 130 valence electrons. The number of carbonyl (C=O) groups excluding carboxylic acids is 1. The van der Waals surface area contributed by atoms with Crippen LogP contribution in [-0.4, -0.2) is 41.8 Å². The zero-order valence-corrected chi connectivity index (χ0v) is 14.2. The van der Waals surface area contributed by atoms with Gasteiger partial charge in [0.2, 0.25) is 0 Å². The standard InChI is InChI=1S/C18H17N7O/c1-24-16(5-10-21-24)18(26)20-9-4-14-12-17-22-15(6-11-25(17)23-14)13-2-7-19-8-3-13/h2-3,5-8,10-12H,4,9H2,1H3,(H,20,26). The van der Waals surface area contributed by atoms with E-state index in [0.29, 0.717) is 18.7 Å². The van der Waals surface area contributed by atoms with Gasteiger partial charge in [0, 0.05) is 56.4 Å². The first kappa shape index (κ1) is 15.9. The number of pyridine rings is 1. The van der Waals surface area contributed by atoms with Gasteiger partial charge in [0.05, 0.1) is 11.4 Å². The number of fused-ring (bicyclic) bond motifs is 1. The molecule has 0 aliphatic carbocycles. The largest absolute Gasteiger partial charge is 0.350 e. The van der Waals surface area contributed by atoms with Crippen molar-refractivity contribution in [1.82, 2.24) is 34.7 Å². The Morgan fingerprint density at radius 2 is 2.00 bits per heavy atom. The molecule has 0 bridgehead atoms. The molecule has 0 atom stereocenters. The molecule has 0 aromatic carbocycles. The Balaban J connectivity index is 1.44. The number of hydrogen-bond donors (Lipinski definition) is 1. The van der Waals surface area contributed by atoms with Crippen LogP contribution in [0.4, 0.5) is 0 Å². The van der Waals surface area contributed by atoms with Crippen molar-refractivity contribution < 1.29 is 4.79 Å². The zero-order valence-electron chi connectivity index (χ0n) is 14.2. The molecule has 26 heavy (non-hydrogen) atoms. The summed E-state index contributed by atoms with van der Waals surface area (Å²) in [5, 5.41) is 11.4. The Morgan fingerprint density at radius 3 is 2.77 bits per heavy atom. The minimum atomic E-state index is -0.146. The molecule has 0 unspecified atom stereocenters. The number of rotatable bonds is 5. The minimum absolute atomic E-state index is 0.146. The van der Waals surface area contributed by atoms with Crippen molar-refractivity contribution in [2.24, 2.45) is 7.05 Å². The van der Waals surface area contributed by atoms with Crippen LogP contribution in [0.3, 0.4) is 0 Å². The maximum absolute atomic E-state index is 12.1. The van der Waals surface area contributed by atoms with Gasteiger partial charge in [-0.15, -0.1) is 0 Å². The van der Waals surface area contributed by atoms with Crippen LogP contribution in [0.25, 0.3) is 16.9 Å². The highest BCUT2D eigenvalue weighted by Crippen LogP contribution is 2.16. The molecule has 1 N–H and O–H groups in total. The van der Waals surface area contributed by atoms with Crippen molar-refractivity contribution >= 4 is 11.6 Å². The lowest BCUT2D eigenvalue weighted by Gasteiger charge is -2.03. The predicted octanol–water partition coefficient (Wildman–Crippen LogP) is 1.50. The van der Waals surface area contributed by atoms with Crippen LogP contribution >= 0.6 is 0 Å². The highest BCUT2D eigenvalue weighted by molar-refractivity contribution is 5.92. The number of amides is 1. The number of aromatic nitrogens is 6. The number of aryl methyl sites for hydroxylation is 1. The molecule has 1 amide bonds. The molecule has 0 aliphatic rings. The van der Waals surface area contributed by atoms with Gasteiger partial charge in [-0.05, 0) is 24.3 Å². The summed E-state index contributed by atoms with van der Waals surface area (Å²) in [6.07, 6.45) is 7.60. The summed E-state index contributed by atoms with van der Waals surface area (Å²) in [4.78, 5) is 20.7. The normalized spacial score (nSPS) is 11.0. The number of nitrogens with one attached hydrogen (secondary N) is 1. The molecule has 8 heteroatoms. The topological polar surface area (TPSA) is 90.0 Å². The molecule has 4 aromatic heterocycles. The summed E-state index contributed by atoms with van der Waals surface area (Å²) in [5.41, 5.74) is 4.05. The Labute approximate surface area is 149 Å². The Kier molecular flexibility index (Phi) is 4.14. The summed E-state index contributed by atoms with van der Waals surface area (Å²) in [6.45, 7) is 0.491. The van der Waals surface area contributed by atoms with E-state index >= 15 is 0 Å². The molecule has 8 nitrogen and oxygen atoms in total. The Hall–Kier alpha value is -3.55. The fourth-order valence-electron chi connectivity index (χ4n) is 2.73. The van der Waals surface area contributed by atoms with Gasteiger partial charge >= 0.3 is 0 Å². The Bertz CT molecular complexity index is 1050. The van der Waals surface area contributed by atoms with Crippen molar-refractivity contribution in [3.05, 3.63) is 66.5 Å². The third-order valence-electron chi connectivity index (χ3n) is 4.07. The maximum Gasteiger partial charge on any atom is 0.269 e. The fraction of sp³-hybridized carbons (Fsp3) is 0.167. The number of carbonyl (C=O) groups is 1. The van der Waals surface area contributed by atoms with Gasteiger partial charge in [-0.1, -0.05) is 0 Å². The molecule has 0 spiro atoms. The van der Waals surface area contributed by atoms with Gasteiger partial charge in [-0.3, -0.25) is 14.5 Å². The van der Waals surface area contributed by atoms with E-state index in [1.807, 2.05) is 30.5 Å². The Morgan fingerprint density at radius 1 is 1.15 bits per heavy atom. The molecule has 0 aliphatic heterocycles. The summed E-state index contributed by atoms with van der Waals surface area (Å²) in [6, 6.07) is 9.38. The van der Waals surface area contributed by atoms with Crippen molar-refractivity contribution in [2.45, 2.75) is 6.42 Å². The molecule has 4 heterocycles. The highest BCUT2D eigenvalue weighted by atomic mass is 16.2. The first-order chi connectivity index (χ1) is 12.7. The maximum atomic E-state index is 12.1. The van der Waals surface area contributed by atoms with Gasteiger partial charge in [0.15, 0.2) is 5.65 Å². The van der Waals surface area contributed by atoms with Crippen molar-refractivity contribution in [3.8, 4) is 11.3 Å². The fourth-order valence-corrected chi connectivity index (χ4v) is 2.73. The third kappa shape index (κ3) is 3.16. The summed E-state index contributed by atoms with van der Waals surface area (Å²) >= 11 is 0. The van der Waals surface area contributed by atoms with Crippen LogP contribution in [0, 0.1) is 0 Å². The third-order valence-corrected chi connectivity index (χ3v) is 4.07. The average molecular weight is 347 g/mol. The first-order valence-corrected chi connectivity index (χ1v) is 8.22. The van der Waals surface area contributed by atoms with Gasteiger partial charge in [-0.25, -0.2) is 9.50 Å². The van der Waals surface area contributed by atoms with Crippen molar-refractivity contribution in [3.63, 3.8) is 0 Å². The van der Waals surface area contributed by atoms with E-state index in [0.717, 1.165) is 22.6 Å². The minimum Gasteiger partial charge on any atom is -0.350 e. The lowest BCUT2D eigenvalue weighted by Crippen LogP contribution is -2.27. The van der Waals surface area contributed by atoms with Crippen LogP contribution in [0.15, 0.2) is 55.1 Å². The monoisotopic (exact) mass is 347 g/mol. The van der Waals surface area contributed by atoms with Crippen LogP contribution in [0.5, 0.6) is 0 Å². The number of nitrogens with zero attached hydrogens (tertiary/aromatic N) is 6. The molecule has 0 fully saturated rings. The van der Waals surface area contributed by atoms with E-state index in [1.54, 1.807) is 40.9 Å². The van der Waals surface area contributed by atoms with E-state index in [1.165, 1.54) is 0 Å².